The first-order chi connectivity index (χ1) is 13.1. The maximum absolute atomic E-state index is 12.9. The number of pyridine rings is 1. The van der Waals surface area contributed by atoms with E-state index in [1.54, 1.807) is 48.7 Å². The van der Waals surface area contributed by atoms with Gasteiger partial charge < -0.3 is 10.2 Å². The summed E-state index contributed by atoms with van der Waals surface area (Å²) >= 11 is 0. The van der Waals surface area contributed by atoms with Crippen molar-refractivity contribution in [3.05, 3.63) is 83.7 Å². The molecule has 27 heavy (non-hydrogen) atoms. The van der Waals surface area contributed by atoms with E-state index in [0.29, 0.717) is 24.7 Å². The zero-order valence-corrected chi connectivity index (χ0v) is 15.0. The van der Waals surface area contributed by atoms with E-state index in [9.17, 15) is 9.18 Å². The fraction of sp³-hybridized carbons (Fsp3) is 0.200. The van der Waals surface area contributed by atoms with E-state index in [-0.39, 0.29) is 11.7 Å². The second kappa shape index (κ2) is 8.84. The molecule has 7 heteroatoms. The number of rotatable bonds is 7. The second-order valence-corrected chi connectivity index (χ2v) is 6.08. The SMILES string of the molecule is CN(CCc1ccncc1)C(=O)c1ccnc(NCc2ccc(F)cc2)n1. The molecule has 1 N–H and O–H groups in total. The molecule has 0 saturated carbocycles. The normalized spacial score (nSPS) is 10.4. The van der Waals surface area contributed by atoms with Gasteiger partial charge in [-0.25, -0.2) is 14.4 Å². The largest absolute Gasteiger partial charge is 0.350 e. The number of hydrogen-bond acceptors (Lipinski definition) is 5. The lowest BCUT2D eigenvalue weighted by atomic mass is 10.2. The van der Waals surface area contributed by atoms with Gasteiger partial charge in [-0.05, 0) is 47.9 Å². The van der Waals surface area contributed by atoms with Crippen LogP contribution < -0.4 is 5.32 Å². The number of anilines is 1. The number of hydrogen-bond donors (Lipinski definition) is 1. The van der Waals surface area contributed by atoms with Crippen molar-refractivity contribution in [2.45, 2.75) is 13.0 Å². The van der Waals surface area contributed by atoms with E-state index in [0.717, 1.165) is 17.5 Å². The third kappa shape index (κ3) is 5.31. The van der Waals surface area contributed by atoms with Crippen molar-refractivity contribution >= 4 is 11.9 Å². The second-order valence-electron chi connectivity index (χ2n) is 6.08. The number of benzene rings is 1. The van der Waals surface area contributed by atoms with E-state index < -0.39 is 0 Å². The van der Waals surface area contributed by atoms with Crippen molar-refractivity contribution in [3.63, 3.8) is 0 Å². The first kappa shape index (κ1) is 18.4. The molecule has 2 aromatic heterocycles. The van der Waals surface area contributed by atoms with Crippen LogP contribution in [-0.4, -0.2) is 39.4 Å². The van der Waals surface area contributed by atoms with E-state index in [4.69, 9.17) is 0 Å². The molecule has 0 fully saturated rings. The van der Waals surface area contributed by atoms with Crippen LogP contribution in [0.3, 0.4) is 0 Å². The lowest BCUT2D eigenvalue weighted by Crippen LogP contribution is -2.29. The number of carbonyl (C=O) groups excluding carboxylic acids is 1. The van der Waals surface area contributed by atoms with E-state index in [1.165, 1.54) is 12.1 Å². The fourth-order valence-electron chi connectivity index (χ4n) is 2.49. The molecule has 2 heterocycles. The van der Waals surface area contributed by atoms with Crippen LogP contribution in [0.1, 0.15) is 21.6 Å². The lowest BCUT2D eigenvalue weighted by molar-refractivity contribution is 0.0791. The minimum atomic E-state index is -0.280. The smallest absolute Gasteiger partial charge is 0.272 e. The van der Waals surface area contributed by atoms with Crippen molar-refractivity contribution in [3.8, 4) is 0 Å². The van der Waals surface area contributed by atoms with Crippen LogP contribution in [0.5, 0.6) is 0 Å². The number of nitrogens with zero attached hydrogens (tertiary/aromatic N) is 4. The van der Waals surface area contributed by atoms with Crippen molar-refractivity contribution in [2.75, 3.05) is 18.9 Å². The van der Waals surface area contributed by atoms with Gasteiger partial charge >= 0.3 is 0 Å². The van der Waals surface area contributed by atoms with Gasteiger partial charge in [-0.2, -0.15) is 0 Å². The molecule has 1 aromatic carbocycles. The Morgan fingerprint density at radius 3 is 2.52 bits per heavy atom. The minimum absolute atomic E-state index is 0.170. The van der Waals surface area contributed by atoms with Crippen LogP contribution in [0.4, 0.5) is 10.3 Å². The molecule has 0 unspecified atom stereocenters. The molecule has 0 spiro atoms. The lowest BCUT2D eigenvalue weighted by Gasteiger charge is -2.17. The van der Waals surface area contributed by atoms with Gasteiger partial charge in [0.2, 0.25) is 5.95 Å². The molecule has 3 aromatic rings. The van der Waals surface area contributed by atoms with Crippen LogP contribution in [-0.2, 0) is 13.0 Å². The molecule has 0 aliphatic carbocycles. The Morgan fingerprint density at radius 2 is 1.78 bits per heavy atom. The Kier molecular flexibility index (Phi) is 6.04. The van der Waals surface area contributed by atoms with Crippen molar-refractivity contribution < 1.29 is 9.18 Å². The summed E-state index contributed by atoms with van der Waals surface area (Å²) in [6.07, 6.45) is 5.76. The zero-order chi connectivity index (χ0) is 19.1. The van der Waals surface area contributed by atoms with Gasteiger partial charge in [-0.15, -0.1) is 0 Å². The zero-order valence-electron chi connectivity index (χ0n) is 15.0. The van der Waals surface area contributed by atoms with Crippen molar-refractivity contribution in [1.29, 1.82) is 0 Å². The fourth-order valence-corrected chi connectivity index (χ4v) is 2.49. The number of likely N-dealkylation sites (N-methyl/N-ethyl adjacent to an activating group) is 1. The quantitative estimate of drug-likeness (QED) is 0.697. The molecule has 0 radical (unpaired) electrons. The molecule has 1 amide bonds. The molecular weight excluding hydrogens is 345 g/mol. The summed E-state index contributed by atoms with van der Waals surface area (Å²) < 4.78 is 12.9. The topological polar surface area (TPSA) is 71.0 Å². The monoisotopic (exact) mass is 365 g/mol. The van der Waals surface area contributed by atoms with Crippen molar-refractivity contribution in [2.24, 2.45) is 0 Å². The van der Waals surface area contributed by atoms with E-state index >= 15 is 0 Å². The Balaban J connectivity index is 1.58. The first-order valence-electron chi connectivity index (χ1n) is 8.57. The predicted molar refractivity (Wildman–Crippen MR) is 101 cm³/mol. The number of carbonyl (C=O) groups is 1. The van der Waals surface area contributed by atoms with E-state index in [1.807, 2.05) is 12.1 Å². The van der Waals surface area contributed by atoms with E-state index in [2.05, 4.69) is 20.3 Å². The molecule has 0 atom stereocenters. The van der Waals surface area contributed by atoms with Gasteiger partial charge in [-0.3, -0.25) is 9.78 Å². The minimum Gasteiger partial charge on any atom is -0.350 e. The standard InChI is InChI=1S/C20H20FN5O/c1-26(13-9-15-6-10-22-11-7-15)19(27)18-8-12-23-20(25-18)24-14-16-2-4-17(21)5-3-16/h2-8,10-12H,9,13-14H2,1H3,(H,23,24,25). The van der Waals surface area contributed by atoms with Gasteiger partial charge in [0.05, 0.1) is 0 Å². The number of amides is 1. The summed E-state index contributed by atoms with van der Waals surface area (Å²) in [4.78, 5) is 26.6. The van der Waals surface area contributed by atoms with Crippen LogP contribution in [0.2, 0.25) is 0 Å². The summed E-state index contributed by atoms with van der Waals surface area (Å²) in [6.45, 7) is 1.01. The molecule has 3 rings (SSSR count). The third-order valence-corrected chi connectivity index (χ3v) is 4.07. The van der Waals surface area contributed by atoms with Crippen LogP contribution in [0.15, 0.2) is 61.1 Å². The van der Waals surface area contributed by atoms with Crippen LogP contribution in [0.25, 0.3) is 0 Å². The number of aromatic nitrogens is 3. The summed E-state index contributed by atoms with van der Waals surface area (Å²) in [5.41, 5.74) is 2.34. The third-order valence-electron chi connectivity index (χ3n) is 4.07. The maximum atomic E-state index is 12.9. The highest BCUT2D eigenvalue weighted by Crippen LogP contribution is 2.08. The summed E-state index contributed by atoms with van der Waals surface area (Å²) in [5.74, 6) is -0.0959. The van der Waals surface area contributed by atoms with Crippen LogP contribution >= 0.6 is 0 Å². The summed E-state index contributed by atoms with van der Waals surface area (Å²) in [6, 6.07) is 11.6. The van der Waals surface area contributed by atoms with Gasteiger partial charge in [-0.1, -0.05) is 12.1 Å². The van der Waals surface area contributed by atoms with Gasteiger partial charge in [0.25, 0.3) is 5.91 Å². The average molecular weight is 365 g/mol. The molecule has 138 valence electrons. The maximum Gasteiger partial charge on any atom is 0.272 e. The Labute approximate surface area is 157 Å². The van der Waals surface area contributed by atoms with Gasteiger partial charge in [0.1, 0.15) is 11.5 Å². The average Bonchev–Trinajstić information content (AvgIpc) is 2.72. The summed E-state index contributed by atoms with van der Waals surface area (Å²) in [7, 11) is 1.75. The van der Waals surface area contributed by atoms with Crippen molar-refractivity contribution in [1.82, 2.24) is 19.9 Å². The van der Waals surface area contributed by atoms with Gasteiger partial charge in [0, 0.05) is 38.7 Å². The molecule has 0 saturated heterocycles. The molecular formula is C20H20FN5O. The Bertz CT molecular complexity index is 886. The molecule has 0 bridgehead atoms. The van der Waals surface area contributed by atoms with Gasteiger partial charge in [0.15, 0.2) is 0 Å². The molecule has 0 aliphatic rings. The Hall–Kier alpha value is -3.35. The highest BCUT2D eigenvalue weighted by molar-refractivity contribution is 5.92. The highest BCUT2D eigenvalue weighted by Gasteiger charge is 2.14. The Morgan fingerprint density at radius 1 is 1.04 bits per heavy atom. The number of halogens is 1. The predicted octanol–water partition coefficient (Wildman–Crippen LogP) is 2.94. The van der Waals surface area contributed by atoms with Crippen LogP contribution in [0, 0.1) is 5.82 Å². The number of nitrogens with one attached hydrogen (secondary N) is 1. The molecule has 6 nitrogen and oxygen atoms in total. The molecule has 0 aliphatic heterocycles. The summed E-state index contributed by atoms with van der Waals surface area (Å²) in [5, 5.41) is 3.05. The first-order valence-corrected chi connectivity index (χ1v) is 8.57. The highest BCUT2D eigenvalue weighted by atomic mass is 19.1.